The van der Waals surface area contributed by atoms with Crippen molar-refractivity contribution in [1.82, 2.24) is 9.97 Å². The molecule has 1 aromatic rings. The second-order valence-electron chi connectivity index (χ2n) is 6.40. The number of nitrogens with two attached hydrogens (primary N) is 1. The number of methoxy groups -OCH3 is 1. The van der Waals surface area contributed by atoms with Crippen LogP contribution in [-0.2, 0) is 14.9 Å². The molecule has 21 heavy (non-hydrogen) atoms. The number of nitrogen functional groups attached to an aromatic ring is 1. The summed E-state index contributed by atoms with van der Waals surface area (Å²) in [5, 5.41) is 3.31. The molecule has 0 aromatic carbocycles. The molecule has 0 spiro atoms. The quantitative estimate of drug-likeness (QED) is 0.556. The normalized spacial score (nSPS) is 22.3. The van der Waals surface area contributed by atoms with E-state index in [0.717, 1.165) is 24.7 Å². The number of rotatable bonds is 5. The van der Waals surface area contributed by atoms with Gasteiger partial charge in [0, 0.05) is 38.2 Å². The Bertz CT molecular complexity index is 481. The SMILES string of the molecule is COC1(CNc2cc(NN)nc(C(C)(C)C)n2)CCOC1. The summed E-state index contributed by atoms with van der Waals surface area (Å²) in [5.41, 5.74) is 2.14. The highest BCUT2D eigenvalue weighted by Gasteiger charge is 2.35. The molecular weight excluding hydrogens is 270 g/mol. The lowest BCUT2D eigenvalue weighted by Crippen LogP contribution is -2.39. The maximum atomic E-state index is 5.60. The molecule has 1 aliphatic rings. The van der Waals surface area contributed by atoms with Gasteiger partial charge in [0.25, 0.3) is 0 Å². The molecule has 1 unspecified atom stereocenters. The Hall–Kier alpha value is -1.44. The Balaban J connectivity index is 2.15. The monoisotopic (exact) mass is 295 g/mol. The van der Waals surface area contributed by atoms with Crippen LogP contribution in [0.5, 0.6) is 0 Å². The Kier molecular flexibility index (Phi) is 4.65. The first-order chi connectivity index (χ1) is 9.88. The minimum atomic E-state index is -0.289. The van der Waals surface area contributed by atoms with Gasteiger partial charge in [-0.15, -0.1) is 0 Å². The van der Waals surface area contributed by atoms with Gasteiger partial charge in [-0.3, -0.25) is 0 Å². The largest absolute Gasteiger partial charge is 0.378 e. The van der Waals surface area contributed by atoms with Crippen LogP contribution in [0.4, 0.5) is 11.6 Å². The lowest BCUT2D eigenvalue weighted by molar-refractivity contribution is -0.00625. The van der Waals surface area contributed by atoms with E-state index in [9.17, 15) is 0 Å². The van der Waals surface area contributed by atoms with Crippen LogP contribution in [0.15, 0.2) is 6.07 Å². The highest BCUT2D eigenvalue weighted by molar-refractivity contribution is 5.47. The zero-order chi connectivity index (χ0) is 15.5. The van der Waals surface area contributed by atoms with Crippen LogP contribution in [0.3, 0.4) is 0 Å². The Morgan fingerprint density at radius 1 is 1.38 bits per heavy atom. The molecular formula is C14H25N5O2. The number of aromatic nitrogens is 2. The number of anilines is 2. The highest BCUT2D eigenvalue weighted by Crippen LogP contribution is 2.25. The van der Waals surface area contributed by atoms with Gasteiger partial charge in [0.15, 0.2) is 0 Å². The van der Waals surface area contributed by atoms with Gasteiger partial charge in [-0.25, -0.2) is 15.8 Å². The molecule has 0 bridgehead atoms. The average Bonchev–Trinajstić information content (AvgIpc) is 2.93. The molecule has 1 saturated heterocycles. The molecule has 118 valence electrons. The van der Waals surface area contributed by atoms with E-state index in [1.165, 1.54) is 0 Å². The van der Waals surface area contributed by atoms with Crippen LogP contribution < -0.4 is 16.6 Å². The van der Waals surface area contributed by atoms with Gasteiger partial charge < -0.3 is 20.2 Å². The van der Waals surface area contributed by atoms with Crippen LogP contribution in [0.25, 0.3) is 0 Å². The van der Waals surface area contributed by atoms with Crippen molar-refractivity contribution in [1.29, 1.82) is 0 Å². The lowest BCUT2D eigenvalue weighted by atomic mass is 9.96. The molecule has 7 heteroatoms. The standard InChI is InChI=1S/C14H25N5O2/c1-13(2,3)12-17-10(7-11(18-12)19-15)16-8-14(20-4)5-6-21-9-14/h7H,5-6,8-9,15H2,1-4H3,(H2,16,17,18,19). The average molecular weight is 295 g/mol. The first-order valence-electron chi connectivity index (χ1n) is 7.11. The van der Waals surface area contributed by atoms with E-state index in [4.69, 9.17) is 15.3 Å². The fourth-order valence-corrected chi connectivity index (χ4v) is 2.16. The predicted molar refractivity (Wildman–Crippen MR) is 82.2 cm³/mol. The Labute approximate surface area is 125 Å². The van der Waals surface area contributed by atoms with Gasteiger partial charge in [-0.05, 0) is 0 Å². The number of hydrazine groups is 1. The summed E-state index contributed by atoms with van der Waals surface area (Å²) in [6.45, 7) is 8.14. The van der Waals surface area contributed by atoms with Gasteiger partial charge in [0.1, 0.15) is 23.1 Å². The molecule has 1 fully saturated rings. The molecule has 0 saturated carbocycles. The fourth-order valence-electron chi connectivity index (χ4n) is 2.16. The molecule has 1 atom stereocenters. The van der Waals surface area contributed by atoms with Crippen molar-refractivity contribution >= 4 is 11.6 Å². The maximum absolute atomic E-state index is 5.60. The van der Waals surface area contributed by atoms with Crippen LogP contribution in [0, 0.1) is 0 Å². The summed E-state index contributed by atoms with van der Waals surface area (Å²) in [4.78, 5) is 8.96. The van der Waals surface area contributed by atoms with E-state index in [-0.39, 0.29) is 11.0 Å². The van der Waals surface area contributed by atoms with Crippen molar-refractivity contribution in [2.45, 2.75) is 38.2 Å². The molecule has 1 aromatic heterocycles. The smallest absolute Gasteiger partial charge is 0.145 e. The molecule has 0 aliphatic carbocycles. The molecule has 2 heterocycles. The number of nitrogens with zero attached hydrogens (tertiary/aromatic N) is 2. The summed E-state index contributed by atoms with van der Waals surface area (Å²) < 4.78 is 11.0. The fraction of sp³-hybridized carbons (Fsp3) is 0.714. The van der Waals surface area contributed by atoms with E-state index in [2.05, 4.69) is 41.5 Å². The molecule has 1 aliphatic heterocycles. The van der Waals surface area contributed by atoms with Crippen LogP contribution in [0.1, 0.15) is 33.0 Å². The van der Waals surface area contributed by atoms with Gasteiger partial charge in [0.2, 0.25) is 0 Å². The van der Waals surface area contributed by atoms with E-state index >= 15 is 0 Å². The van der Waals surface area contributed by atoms with Crippen LogP contribution >= 0.6 is 0 Å². The Morgan fingerprint density at radius 3 is 2.62 bits per heavy atom. The van der Waals surface area contributed by atoms with E-state index in [1.807, 2.05) is 0 Å². The van der Waals surface area contributed by atoms with Gasteiger partial charge >= 0.3 is 0 Å². The molecule has 2 rings (SSSR count). The summed E-state index contributed by atoms with van der Waals surface area (Å²) in [5.74, 6) is 7.54. The Morgan fingerprint density at radius 2 is 2.10 bits per heavy atom. The van der Waals surface area contributed by atoms with E-state index in [1.54, 1.807) is 13.2 Å². The van der Waals surface area contributed by atoms with E-state index in [0.29, 0.717) is 19.0 Å². The summed E-state index contributed by atoms with van der Waals surface area (Å²) in [7, 11) is 1.71. The first kappa shape index (κ1) is 15.9. The molecule has 4 N–H and O–H groups in total. The minimum Gasteiger partial charge on any atom is -0.378 e. The van der Waals surface area contributed by atoms with Crippen molar-refractivity contribution in [2.75, 3.05) is 37.6 Å². The van der Waals surface area contributed by atoms with E-state index < -0.39 is 0 Å². The maximum Gasteiger partial charge on any atom is 0.145 e. The molecule has 0 amide bonds. The number of hydrogen-bond acceptors (Lipinski definition) is 7. The van der Waals surface area contributed by atoms with Crippen molar-refractivity contribution in [3.05, 3.63) is 11.9 Å². The summed E-state index contributed by atoms with van der Waals surface area (Å²) in [6, 6.07) is 1.79. The van der Waals surface area contributed by atoms with Crippen molar-refractivity contribution in [3.63, 3.8) is 0 Å². The third kappa shape index (κ3) is 3.81. The first-order valence-corrected chi connectivity index (χ1v) is 7.11. The number of ether oxygens (including phenoxy) is 2. The minimum absolute atomic E-state index is 0.154. The topological polar surface area (TPSA) is 94.3 Å². The molecule has 7 nitrogen and oxygen atoms in total. The zero-order valence-corrected chi connectivity index (χ0v) is 13.2. The summed E-state index contributed by atoms with van der Waals surface area (Å²) in [6.07, 6.45) is 0.871. The number of hydrogen-bond donors (Lipinski definition) is 3. The van der Waals surface area contributed by atoms with Crippen LogP contribution in [0.2, 0.25) is 0 Å². The van der Waals surface area contributed by atoms with Gasteiger partial charge in [-0.2, -0.15) is 0 Å². The molecule has 0 radical (unpaired) electrons. The third-order valence-electron chi connectivity index (χ3n) is 3.64. The second kappa shape index (κ2) is 6.13. The number of nitrogens with one attached hydrogen (secondary N) is 2. The lowest BCUT2D eigenvalue weighted by Gasteiger charge is -2.26. The highest BCUT2D eigenvalue weighted by atomic mass is 16.5. The summed E-state index contributed by atoms with van der Waals surface area (Å²) >= 11 is 0. The zero-order valence-electron chi connectivity index (χ0n) is 13.2. The predicted octanol–water partition coefficient (Wildman–Crippen LogP) is 1.28. The van der Waals surface area contributed by atoms with Crippen molar-refractivity contribution < 1.29 is 9.47 Å². The third-order valence-corrected chi connectivity index (χ3v) is 3.64. The van der Waals surface area contributed by atoms with Gasteiger partial charge in [0.05, 0.1) is 6.61 Å². The van der Waals surface area contributed by atoms with Gasteiger partial charge in [-0.1, -0.05) is 20.8 Å². The second-order valence-corrected chi connectivity index (χ2v) is 6.40. The van der Waals surface area contributed by atoms with Crippen molar-refractivity contribution in [2.24, 2.45) is 5.84 Å². The van der Waals surface area contributed by atoms with Crippen LogP contribution in [-0.4, -0.2) is 42.4 Å². The van der Waals surface area contributed by atoms with Crippen molar-refractivity contribution in [3.8, 4) is 0 Å².